The molecule has 4 heteroatoms. The highest BCUT2D eigenvalue weighted by Crippen LogP contribution is 2.01. The second kappa shape index (κ2) is 6.66. The molecular formula is C12H23N3O. The van der Waals surface area contributed by atoms with Crippen LogP contribution in [0.25, 0.3) is 0 Å². The molecule has 0 saturated carbocycles. The smallest absolute Gasteiger partial charge is 0.0687 e. The lowest BCUT2D eigenvalue weighted by Crippen LogP contribution is -2.36. The maximum absolute atomic E-state index is 9.65. The minimum Gasteiger partial charge on any atom is -0.392 e. The number of aromatic nitrogens is 2. The first-order valence-electron chi connectivity index (χ1n) is 5.98. The zero-order chi connectivity index (χ0) is 12.0. The van der Waals surface area contributed by atoms with Gasteiger partial charge in [-0.25, -0.2) is 0 Å². The topological polar surface area (TPSA) is 50.1 Å². The summed E-state index contributed by atoms with van der Waals surface area (Å²) in [6.07, 6.45) is 4.52. The highest BCUT2D eigenvalue weighted by molar-refractivity contribution is 4.78. The van der Waals surface area contributed by atoms with Crippen molar-refractivity contribution in [1.29, 1.82) is 0 Å². The summed E-state index contributed by atoms with van der Waals surface area (Å²) in [5.74, 6) is 0.311. The van der Waals surface area contributed by atoms with Crippen molar-refractivity contribution < 1.29 is 5.11 Å². The van der Waals surface area contributed by atoms with Crippen molar-refractivity contribution in [2.75, 3.05) is 6.54 Å². The van der Waals surface area contributed by atoms with E-state index in [1.54, 1.807) is 6.20 Å². The van der Waals surface area contributed by atoms with Crippen LogP contribution in [0.2, 0.25) is 0 Å². The molecule has 0 spiro atoms. The van der Waals surface area contributed by atoms with Gasteiger partial charge in [0, 0.05) is 31.5 Å². The fourth-order valence-corrected chi connectivity index (χ4v) is 1.42. The molecule has 0 aliphatic heterocycles. The number of nitrogens with zero attached hydrogens (tertiary/aromatic N) is 2. The first kappa shape index (κ1) is 13.2. The van der Waals surface area contributed by atoms with E-state index in [1.165, 1.54) is 0 Å². The molecule has 2 atom stereocenters. The van der Waals surface area contributed by atoms with Crippen molar-refractivity contribution in [3.8, 4) is 0 Å². The Balaban J connectivity index is 2.13. The molecule has 0 amide bonds. The van der Waals surface area contributed by atoms with Crippen LogP contribution in [0.5, 0.6) is 0 Å². The van der Waals surface area contributed by atoms with E-state index in [0.29, 0.717) is 18.5 Å². The third-order valence-corrected chi connectivity index (χ3v) is 2.80. The molecule has 92 valence electrons. The van der Waals surface area contributed by atoms with Crippen LogP contribution in [0, 0.1) is 5.92 Å². The fourth-order valence-electron chi connectivity index (χ4n) is 1.42. The van der Waals surface area contributed by atoms with E-state index in [0.717, 1.165) is 13.0 Å². The Kier molecular flexibility index (Phi) is 5.49. The maximum atomic E-state index is 9.65. The highest BCUT2D eigenvalue weighted by atomic mass is 16.3. The van der Waals surface area contributed by atoms with E-state index in [2.05, 4.69) is 17.3 Å². The van der Waals surface area contributed by atoms with E-state index < -0.39 is 0 Å². The lowest BCUT2D eigenvalue weighted by molar-refractivity contribution is 0.120. The van der Waals surface area contributed by atoms with Gasteiger partial charge in [-0.3, -0.25) is 4.68 Å². The third kappa shape index (κ3) is 4.77. The van der Waals surface area contributed by atoms with Crippen LogP contribution < -0.4 is 5.32 Å². The van der Waals surface area contributed by atoms with Crippen LogP contribution in [0.15, 0.2) is 18.5 Å². The summed E-state index contributed by atoms with van der Waals surface area (Å²) >= 11 is 0. The molecule has 0 aliphatic carbocycles. The van der Waals surface area contributed by atoms with Gasteiger partial charge in [0.25, 0.3) is 0 Å². The maximum Gasteiger partial charge on any atom is 0.0687 e. The molecule has 1 aromatic heterocycles. The monoisotopic (exact) mass is 225 g/mol. The van der Waals surface area contributed by atoms with Gasteiger partial charge in [0.05, 0.1) is 6.10 Å². The van der Waals surface area contributed by atoms with Crippen LogP contribution in [0.3, 0.4) is 0 Å². The number of hydrogen-bond acceptors (Lipinski definition) is 3. The first-order chi connectivity index (χ1) is 7.59. The Morgan fingerprint density at radius 2 is 2.12 bits per heavy atom. The van der Waals surface area contributed by atoms with Gasteiger partial charge in [-0.1, -0.05) is 13.8 Å². The van der Waals surface area contributed by atoms with Gasteiger partial charge in [0.2, 0.25) is 0 Å². The predicted molar refractivity (Wildman–Crippen MR) is 65.2 cm³/mol. The largest absolute Gasteiger partial charge is 0.392 e. The van der Waals surface area contributed by atoms with E-state index in [-0.39, 0.29) is 6.10 Å². The van der Waals surface area contributed by atoms with Gasteiger partial charge in [0.1, 0.15) is 0 Å². The summed E-state index contributed by atoms with van der Waals surface area (Å²) in [4.78, 5) is 0. The second-order valence-corrected chi connectivity index (χ2v) is 4.68. The molecule has 1 heterocycles. The average molecular weight is 225 g/mol. The highest BCUT2D eigenvalue weighted by Gasteiger charge is 2.10. The minimum absolute atomic E-state index is 0.257. The molecule has 0 bridgehead atoms. The lowest BCUT2D eigenvalue weighted by atomic mass is 10.1. The van der Waals surface area contributed by atoms with Crippen molar-refractivity contribution in [2.45, 2.75) is 45.9 Å². The average Bonchev–Trinajstić information content (AvgIpc) is 2.75. The van der Waals surface area contributed by atoms with Crippen LogP contribution in [-0.2, 0) is 6.54 Å². The SMILES string of the molecule is CC(CCn1cccn1)NCC(O)C(C)C. The Hall–Kier alpha value is -0.870. The molecule has 16 heavy (non-hydrogen) atoms. The molecule has 0 aromatic carbocycles. The van der Waals surface area contributed by atoms with Gasteiger partial charge < -0.3 is 10.4 Å². The molecule has 0 radical (unpaired) electrons. The number of nitrogens with one attached hydrogen (secondary N) is 1. The number of aryl methyl sites for hydroxylation is 1. The number of rotatable bonds is 7. The quantitative estimate of drug-likeness (QED) is 0.734. The van der Waals surface area contributed by atoms with Crippen LogP contribution in [0.4, 0.5) is 0 Å². The van der Waals surface area contributed by atoms with Crippen LogP contribution in [-0.4, -0.2) is 33.6 Å². The zero-order valence-electron chi connectivity index (χ0n) is 10.4. The second-order valence-electron chi connectivity index (χ2n) is 4.68. The molecule has 0 aliphatic rings. The normalized spacial score (nSPS) is 15.3. The van der Waals surface area contributed by atoms with Crippen molar-refractivity contribution in [3.05, 3.63) is 18.5 Å². The number of hydrogen-bond donors (Lipinski definition) is 2. The summed E-state index contributed by atoms with van der Waals surface area (Å²) in [5, 5.41) is 17.1. The first-order valence-corrected chi connectivity index (χ1v) is 5.98. The predicted octanol–water partition coefficient (Wildman–Crippen LogP) is 1.27. The Labute approximate surface area is 97.7 Å². The molecular weight excluding hydrogens is 202 g/mol. The van der Waals surface area contributed by atoms with Crippen LogP contribution in [0.1, 0.15) is 27.2 Å². The Bertz CT molecular complexity index is 272. The fraction of sp³-hybridized carbons (Fsp3) is 0.750. The van der Waals surface area contributed by atoms with Gasteiger partial charge in [-0.05, 0) is 25.3 Å². The summed E-state index contributed by atoms with van der Waals surface area (Å²) in [6, 6.07) is 2.33. The third-order valence-electron chi connectivity index (χ3n) is 2.80. The lowest BCUT2D eigenvalue weighted by Gasteiger charge is -2.19. The molecule has 0 fully saturated rings. The number of aliphatic hydroxyl groups is 1. The number of aliphatic hydroxyl groups excluding tert-OH is 1. The summed E-state index contributed by atoms with van der Waals surface area (Å²) in [6.45, 7) is 7.77. The Morgan fingerprint density at radius 1 is 1.38 bits per heavy atom. The molecule has 4 nitrogen and oxygen atoms in total. The van der Waals surface area contributed by atoms with E-state index in [1.807, 2.05) is 30.8 Å². The molecule has 2 N–H and O–H groups in total. The van der Waals surface area contributed by atoms with Crippen molar-refractivity contribution in [1.82, 2.24) is 15.1 Å². The van der Waals surface area contributed by atoms with Crippen molar-refractivity contribution in [3.63, 3.8) is 0 Å². The van der Waals surface area contributed by atoms with Gasteiger partial charge in [-0.2, -0.15) is 5.10 Å². The van der Waals surface area contributed by atoms with Gasteiger partial charge >= 0.3 is 0 Å². The minimum atomic E-state index is -0.257. The van der Waals surface area contributed by atoms with E-state index >= 15 is 0 Å². The van der Waals surface area contributed by atoms with Gasteiger partial charge in [-0.15, -0.1) is 0 Å². The van der Waals surface area contributed by atoms with Crippen LogP contribution >= 0.6 is 0 Å². The molecule has 2 unspecified atom stereocenters. The standard InChI is InChI=1S/C12H23N3O/c1-10(2)12(16)9-13-11(3)5-8-15-7-4-6-14-15/h4,6-7,10-13,16H,5,8-9H2,1-3H3. The molecule has 0 saturated heterocycles. The summed E-state index contributed by atoms with van der Waals surface area (Å²) in [5.41, 5.74) is 0. The summed E-state index contributed by atoms with van der Waals surface area (Å²) in [7, 11) is 0. The van der Waals surface area contributed by atoms with E-state index in [9.17, 15) is 5.11 Å². The van der Waals surface area contributed by atoms with Crippen molar-refractivity contribution >= 4 is 0 Å². The molecule has 1 aromatic rings. The van der Waals surface area contributed by atoms with Crippen molar-refractivity contribution in [2.24, 2.45) is 5.92 Å². The summed E-state index contributed by atoms with van der Waals surface area (Å²) < 4.78 is 1.93. The zero-order valence-corrected chi connectivity index (χ0v) is 10.4. The van der Waals surface area contributed by atoms with E-state index in [4.69, 9.17) is 0 Å². The van der Waals surface area contributed by atoms with Gasteiger partial charge in [0.15, 0.2) is 0 Å². The molecule has 1 rings (SSSR count). The Morgan fingerprint density at radius 3 is 2.69 bits per heavy atom.